The highest BCUT2D eigenvalue weighted by atomic mass is 79.9. The maximum absolute atomic E-state index is 14.1. The second-order valence-electron chi connectivity index (χ2n) is 9.86. The van der Waals surface area contributed by atoms with E-state index in [9.17, 15) is 18.0 Å². The zero-order chi connectivity index (χ0) is 29.4. The molecule has 1 N–H and O–H groups in total. The monoisotopic (exact) mass is 667 g/mol. The summed E-state index contributed by atoms with van der Waals surface area (Å²) in [6.45, 7) is 3.92. The normalized spacial score (nSPS) is 12.2. The van der Waals surface area contributed by atoms with E-state index in [1.807, 2.05) is 68.4 Å². The van der Waals surface area contributed by atoms with E-state index >= 15 is 0 Å². The minimum absolute atomic E-state index is 0.0802. The summed E-state index contributed by atoms with van der Waals surface area (Å²) in [6.07, 6.45) is 1.24. The fourth-order valence-electron chi connectivity index (χ4n) is 4.09. The van der Waals surface area contributed by atoms with E-state index < -0.39 is 28.5 Å². The van der Waals surface area contributed by atoms with Gasteiger partial charge >= 0.3 is 0 Å². The molecule has 0 aliphatic rings. The zero-order valence-corrected chi connectivity index (χ0v) is 26.4. The Hall–Kier alpha value is -2.59. The van der Waals surface area contributed by atoms with Gasteiger partial charge in [0.15, 0.2) is 0 Å². The summed E-state index contributed by atoms with van der Waals surface area (Å²) in [5, 5.41) is 3.37. The summed E-state index contributed by atoms with van der Waals surface area (Å²) in [6, 6.07) is 20.3. The van der Waals surface area contributed by atoms with Crippen molar-refractivity contribution < 1.29 is 18.0 Å². The number of halogens is 3. The highest BCUT2D eigenvalue weighted by molar-refractivity contribution is 9.10. The Morgan fingerprint density at radius 3 is 2.23 bits per heavy atom. The van der Waals surface area contributed by atoms with Crippen molar-refractivity contribution in [2.45, 2.75) is 32.9 Å². The van der Waals surface area contributed by atoms with Crippen molar-refractivity contribution in [3.63, 3.8) is 0 Å². The van der Waals surface area contributed by atoms with Crippen LogP contribution in [0.15, 0.2) is 77.3 Å². The Kier molecular flexibility index (Phi) is 11.5. The molecule has 0 saturated heterocycles. The van der Waals surface area contributed by atoms with E-state index in [2.05, 4.69) is 21.2 Å². The third-order valence-electron chi connectivity index (χ3n) is 6.06. The van der Waals surface area contributed by atoms with Crippen LogP contribution in [0.1, 0.15) is 25.0 Å². The van der Waals surface area contributed by atoms with Crippen molar-refractivity contribution in [1.82, 2.24) is 10.2 Å². The maximum Gasteiger partial charge on any atom is 0.244 e. The van der Waals surface area contributed by atoms with Crippen LogP contribution in [-0.2, 0) is 32.6 Å². The number of amides is 2. The molecule has 40 heavy (non-hydrogen) atoms. The number of nitrogens with one attached hydrogen (secondary N) is 1. The molecule has 0 radical (unpaired) electrons. The summed E-state index contributed by atoms with van der Waals surface area (Å²) >= 11 is 15.8. The zero-order valence-electron chi connectivity index (χ0n) is 22.5. The molecule has 0 heterocycles. The van der Waals surface area contributed by atoms with Crippen LogP contribution in [0.2, 0.25) is 10.0 Å². The number of nitrogens with zero attached hydrogens (tertiary/aromatic N) is 2. The van der Waals surface area contributed by atoms with E-state index in [1.165, 1.54) is 23.1 Å². The quantitative estimate of drug-likeness (QED) is 0.259. The maximum atomic E-state index is 14.1. The lowest BCUT2D eigenvalue weighted by molar-refractivity contribution is -0.140. The van der Waals surface area contributed by atoms with Crippen molar-refractivity contribution in [3.8, 4) is 0 Å². The predicted molar refractivity (Wildman–Crippen MR) is 165 cm³/mol. The van der Waals surface area contributed by atoms with Gasteiger partial charge in [0.25, 0.3) is 0 Å². The van der Waals surface area contributed by atoms with E-state index in [0.717, 1.165) is 26.2 Å². The van der Waals surface area contributed by atoms with Gasteiger partial charge in [0.1, 0.15) is 12.6 Å². The van der Waals surface area contributed by atoms with Crippen LogP contribution in [0, 0.1) is 5.92 Å². The van der Waals surface area contributed by atoms with E-state index in [-0.39, 0.29) is 35.5 Å². The Morgan fingerprint density at radius 2 is 1.62 bits per heavy atom. The van der Waals surface area contributed by atoms with Crippen molar-refractivity contribution >= 4 is 66.7 Å². The molecule has 0 aliphatic carbocycles. The van der Waals surface area contributed by atoms with Gasteiger partial charge < -0.3 is 10.2 Å². The van der Waals surface area contributed by atoms with Gasteiger partial charge in [-0.25, -0.2) is 8.42 Å². The molecule has 0 unspecified atom stereocenters. The van der Waals surface area contributed by atoms with Gasteiger partial charge in [-0.2, -0.15) is 0 Å². The Labute approximate surface area is 254 Å². The third-order valence-corrected chi connectivity index (χ3v) is 8.21. The van der Waals surface area contributed by atoms with Gasteiger partial charge in [0, 0.05) is 29.0 Å². The molecule has 0 saturated carbocycles. The molecule has 2 amide bonds. The van der Waals surface area contributed by atoms with Crippen molar-refractivity contribution in [2.75, 3.05) is 23.7 Å². The summed E-state index contributed by atoms with van der Waals surface area (Å²) in [5.74, 6) is -0.684. The number of benzene rings is 3. The van der Waals surface area contributed by atoms with Crippen LogP contribution in [-0.4, -0.2) is 50.5 Å². The number of hydrogen-bond donors (Lipinski definition) is 1. The van der Waals surface area contributed by atoms with E-state index in [0.29, 0.717) is 11.6 Å². The van der Waals surface area contributed by atoms with Crippen LogP contribution in [0.4, 0.5) is 5.69 Å². The van der Waals surface area contributed by atoms with E-state index in [4.69, 9.17) is 23.2 Å². The van der Waals surface area contributed by atoms with Gasteiger partial charge in [-0.05, 0) is 47.4 Å². The second kappa shape index (κ2) is 14.3. The first-order chi connectivity index (χ1) is 18.8. The van der Waals surface area contributed by atoms with Crippen LogP contribution in [0.3, 0.4) is 0 Å². The molecule has 7 nitrogen and oxygen atoms in total. The molecular formula is C29H32BrCl2N3O4S. The molecule has 3 rings (SSSR count). The summed E-state index contributed by atoms with van der Waals surface area (Å²) in [4.78, 5) is 29.1. The molecule has 3 aromatic rings. The summed E-state index contributed by atoms with van der Waals surface area (Å²) in [5.41, 5.74) is 1.75. The highest BCUT2D eigenvalue weighted by Gasteiger charge is 2.33. The first-order valence-corrected chi connectivity index (χ1v) is 16.0. The number of hydrogen-bond acceptors (Lipinski definition) is 4. The van der Waals surface area contributed by atoms with Crippen LogP contribution in [0.5, 0.6) is 0 Å². The minimum Gasteiger partial charge on any atom is -0.354 e. The molecule has 1 atom stereocenters. The number of sulfonamides is 1. The lowest BCUT2D eigenvalue weighted by Crippen LogP contribution is -2.53. The predicted octanol–water partition coefficient (Wildman–Crippen LogP) is 5.93. The molecule has 0 aliphatic heterocycles. The van der Waals surface area contributed by atoms with Crippen LogP contribution in [0.25, 0.3) is 0 Å². The summed E-state index contributed by atoms with van der Waals surface area (Å²) in [7, 11) is -3.94. The Morgan fingerprint density at radius 1 is 0.950 bits per heavy atom. The lowest BCUT2D eigenvalue weighted by Gasteiger charge is -2.34. The van der Waals surface area contributed by atoms with Gasteiger partial charge in [0.2, 0.25) is 21.8 Å². The fraction of sp³-hybridized carbons (Fsp3) is 0.310. The largest absolute Gasteiger partial charge is 0.354 e. The topological polar surface area (TPSA) is 86.8 Å². The van der Waals surface area contributed by atoms with Crippen molar-refractivity contribution in [2.24, 2.45) is 5.92 Å². The number of carbonyl (C=O) groups excluding carboxylic acids is 2. The molecule has 11 heteroatoms. The molecule has 0 spiro atoms. The fourth-order valence-corrected chi connectivity index (χ4v) is 5.96. The van der Waals surface area contributed by atoms with Crippen LogP contribution >= 0.6 is 39.1 Å². The average molecular weight is 669 g/mol. The number of rotatable bonds is 12. The highest BCUT2D eigenvalue weighted by Crippen LogP contribution is 2.31. The van der Waals surface area contributed by atoms with Crippen LogP contribution < -0.4 is 9.62 Å². The van der Waals surface area contributed by atoms with Crippen molar-refractivity contribution in [3.05, 3.63) is 98.4 Å². The van der Waals surface area contributed by atoms with Gasteiger partial charge in [-0.3, -0.25) is 13.9 Å². The SMILES string of the molecule is CC(C)CNC(=O)[C@@H](Cc1ccccc1)N(Cc1cccc(Br)c1)C(=O)CN(c1ccc(Cl)cc1Cl)S(C)(=O)=O. The molecular weight excluding hydrogens is 637 g/mol. The van der Waals surface area contributed by atoms with Crippen molar-refractivity contribution in [1.29, 1.82) is 0 Å². The third kappa shape index (κ3) is 9.23. The number of carbonyl (C=O) groups is 2. The molecule has 214 valence electrons. The second-order valence-corrected chi connectivity index (χ2v) is 13.5. The van der Waals surface area contributed by atoms with E-state index in [1.54, 1.807) is 0 Å². The number of anilines is 1. The Balaban J connectivity index is 2.07. The summed E-state index contributed by atoms with van der Waals surface area (Å²) < 4.78 is 27.5. The molecule has 0 bridgehead atoms. The Bertz CT molecular complexity index is 1440. The lowest BCUT2D eigenvalue weighted by atomic mass is 10.0. The first-order valence-electron chi connectivity index (χ1n) is 12.6. The van der Waals surface area contributed by atoms with Gasteiger partial charge in [-0.15, -0.1) is 0 Å². The average Bonchev–Trinajstić information content (AvgIpc) is 2.88. The minimum atomic E-state index is -3.94. The first kappa shape index (κ1) is 31.9. The standard InChI is InChI=1S/C29H32BrCl2N3O4S/c1-20(2)17-33-29(37)27(15-21-8-5-4-6-9-21)34(18-22-10-7-11-23(30)14-22)28(36)19-35(40(3,38)39)26-13-12-24(31)16-25(26)32/h4-14,16,20,27H,15,17-19H2,1-3H3,(H,33,37)/t27-/m1/s1. The van der Waals surface area contributed by atoms with Gasteiger partial charge in [-0.1, -0.05) is 95.4 Å². The molecule has 3 aromatic carbocycles. The van der Waals surface area contributed by atoms with Gasteiger partial charge in [0.05, 0.1) is 17.0 Å². The smallest absolute Gasteiger partial charge is 0.244 e. The molecule has 0 aromatic heterocycles. The molecule has 0 fully saturated rings.